The topological polar surface area (TPSA) is 75.0 Å². The van der Waals surface area contributed by atoms with Crippen molar-refractivity contribution in [3.63, 3.8) is 0 Å². The number of hydrogen-bond donors (Lipinski definition) is 2. The van der Waals surface area contributed by atoms with Crippen molar-refractivity contribution >= 4 is 29.0 Å². The van der Waals surface area contributed by atoms with Crippen LogP contribution in [0, 0.1) is 0 Å². The SMILES string of the molecule is CCC(C)N(Cc1cccc(N)c1)Cc1nc2ccccc2c(=O)[nH]1.Cl. The molecule has 26 heavy (non-hydrogen) atoms. The maximum Gasteiger partial charge on any atom is 0.258 e. The number of benzene rings is 2. The van der Waals surface area contributed by atoms with Gasteiger partial charge >= 0.3 is 0 Å². The van der Waals surface area contributed by atoms with Crippen LogP contribution in [-0.4, -0.2) is 20.9 Å². The molecule has 0 aliphatic heterocycles. The van der Waals surface area contributed by atoms with Crippen LogP contribution in [0.3, 0.4) is 0 Å². The summed E-state index contributed by atoms with van der Waals surface area (Å²) >= 11 is 0. The van der Waals surface area contributed by atoms with Gasteiger partial charge in [-0.2, -0.15) is 0 Å². The van der Waals surface area contributed by atoms with Gasteiger partial charge in [-0.05, 0) is 43.2 Å². The molecule has 3 aromatic rings. The lowest BCUT2D eigenvalue weighted by molar-refractivity contribution is 0.181. The van der Waals surface area contributed by atoms with E-state index in [1.54, 1.807) is 6.07 Å². The number of aromatic amines is 1. The van der Waals surface area contributed by atoms with Crippen LogP contribution in [0.5, 0.6) is 0 Å². The fourth-order valence-electron chi connectivity index (χ4n) is 2.95. The second-order valence-electron chi connectivity index (χ2n) is 6.44. The van der Waals surface area contributed by atoms with Crippen LogP contribution in [0.15, 0.2) is 53.3 Å². The molecule has 0 saturated heterocycles. The van der Waals surface area contributed by atoms with Crippen molar-refractivity contribution in [2.75, 3.05) is 5.73 Å². The quantitative estimate of drug-likeness (QED) is 0.646. The van der Waals surface area contributed by atoms with Gasteiger partial charge in [0, 0.05) is 18.3 Å². The molecule has 0 aliphatic carbocycles. The highest BCUT2D eigenvalue weighted by molar-refractivity contribution is 5.85. The van der Waals surface area contributed by atoms with Crippen LogP contribution in [-0.2, 0) is 13.1 Å². The molecule has 0 saturated carbocycles. The Morgan fingerprint density at radius 1 is 1.15 bits per heavy atom. The minimum atomic E-state index is -0.0892. The van der Waals surface area contributed by atoms with Gasteiger partial charge in [-0.3, -0.25) is 9.69 Å². The molecule has 0 aliphatic rings. The van der Waals surface area contributed by atoms with Crippen LogP contribution >= 0.6 is 12.4 Å². The molecule has 3 rings (SSSR count). The molecule has 0 amide bonds. The highest BCUT2D eigenvalue weighted by Crippen LogP contribution is 2.16. The Labute approximate surface area is 159 Å². The molecule has 1 atom stereocenters. The molecule has 2 aromatic carbocycles. The molecular formula is C20H25ClN4O. The van der Waals surface area contributed by atoms with Crippen molar-refractivity contribution in [3.8, 4) is 0 Å². The molecule has 1 unspecified atom stereocenters. The van der Waals surface area contributed by atoms with Crippen molar-refractivity contribution in [1.29, 1.82) is 0 Å². The number of halogens is 1. The Kier molecular flexibility index (Phi) is 6.77. The third-order valence-corrected chi connectivity index (χ3v) is 4.57. The molecule has 5 nitrogen and oxygen atoms in total. The first-order valence-corrected chi connectivity index (χ1v) is 8.63. The van der Waals surface area contributed by atoms with E-state index in [2.05, 4.69) is 34.8 Å². The fourth-order valence-corrected chi connectivity index (χ4v) is 2.95. The summed E-state index contributed by atoms with van der Waals surface area (Å²) in [7, 11) is 0. The molecule has 3 N–H and O–H groups in total. The maximum atomic E-state index is 12.3. The largest absolute Gasteiger partial charge is 0.399 e. The Balaban J connectivity index is 0.00000243. The minimum absolute atomic E-state index is 0. The molecule has 0 spiro atoms. The monoisotopic (exact) mass is 372 g/mol. The van der Waals surface area contributed by atoms with Gasteiger partial charge in [0.1, 0.15) is 5.82 Å². The number of rotatable bonds is 6. The predicted octanol–water partition coefficient (Wildman–Crippen LogP) is 3.73. The van der Waals surface area contributed by atoms with E-state index in [-0.39, 0.29) is 18.0 Å². The fraction of sp³-hybridized carbons (Fsp3) is 0.300. The molecule has 0 radical (unpaired) electrons. The zero-order valence-corrected chi connectivity index (χ0v) is 15.9. The highest BCUT2D eigenvalue weighted by atomic mass is 35.5. The van der Waals surface area contributed by atoms with Crippen molar-refractivity contribution in [3.05, 3.63) is 70.3 Å². The lowest BCUT2D eigenvalue weighted by atomic mass is 10.1. The third-order valence-electron chi connectivity index (χ3n) is 4.57. The summed E-state index contributed by atoms with van der Waals surface area (Å²) in [5, 5.41) is 0.622. The van der Waals surface area contributed by atoms with E-state index < -0.39 is 0 Å². The first-order valence-electron chi connectivity index (χ1n) is 8.63. The van der Waals surface area contributed by atoms with Gasteiger partial charge in [0.05, 0.1) is 17.4 Å². The number of anilines is 1. The van der Waals surface area contributed by atoms with Crippen LogP contribution < -0.4 is 11.3 Å². The van der Waals surface area contributed by atoms with Crippen molar-refractivity contribution in [1.82, 2.24) is 14.9 Å². The van der Waals surface area contributed by atoms with Gasteiger partial charge in [-0.1, -0.05) is 31.2 Å². The summed E-state index contributed by atoms with van der Waals surface area (Å²) in [6.45, 7) is 5.69. The van der Waals surface area contributed by atoms with Gasteiger partial charge in [-0.15, -0.1) is 12.4 Å². The maximum absolute atomic E-state index is 12.3. The number of fused-ring (bicyclic) bond motifs is 1. The zero-order valence-electron chi connectivity index (χ0n) is 15.1. The lowest BCUT2D eigenvalue weighted by Crippen LogP contribution is -2.33. The van der Waals surface area contributed by atoms with E-state index in [4.69, 9.17) is 5.73 Å². The standard InChI is InChI=1S/C20H24N4O.ClH/c1-3-14(2)24(12-15-7-6-8-16(21)11-15)13-19-22-18-10-5-4-9-17(18)20(25)23-19;/h4-11,14H,3,12-13,21H2,1-2H3,(H,22,23,25);1H. The summed E-state index contributed by atoms with van der Waals surface area (Å²) < 4.78 is 0. The van der Waals surface area contributed by atoms with E-state index in [9.17, 15) is 4.79 Å². The van der Waals surface area contributed by atoms with Gasteiger partial charge in [0.25, 0.3) is 5.56 Å². The van der Waals surface area contributed by atoms with Gasteiger partial charge in [0.2, 0.25) is 0 Å². The smallest absolute Gasteiger partial charge is 0.258 e. The van der Waals surface area contributed by atoms with Gasteiger partial charge < -0.3 is 10.7 Å². The first-order chi connectivity index (χ1) is 12.1. The van der Waals surface area contributed by atoms with E-state index >= 15 is 0 Å². The molecule has 1 heterocycles. The number of hydrogen-bond acceptors (Lipinski definition) is 4. The predicted molar refractivity (Wildman–Crippen MR) is 109 cm³/mol. The summed E-state index contributed by atoms with van der Waals surface area (Å²) in [5.74, 6) is 0.688. The van der Waals surface area contributed by atoms with Crippen LogP contribution in [0.1, 0.15) is 31.7 Å². The van der Waals surface area contributed by atoms with E-state index in [1.165, 1.54) is 0 Å². The Morgan fingerprint density at radius 2 is 1.92 bits per heavy atom. The molecular weight excluding hydrogens is 348 g/mol. The van der Waals surface area contributed by atoms with E-state index in [0.29, 0.717) is 23.8 Å². The Hall–Kier alpha value is -2.37. The summed E-state index contributed by atoms with van der Waals surface area (Å²) in [5.41, 5.74) is 8.46. The second-order valence-corrected chi connectivity index (χ2v) is 6.44. The number of nitrogens with two attached hydrogens (primary N) is 1. The molecule has 1 aromatic heterocycles. The number of aromatic nitrogens is 2. The van der Waals surface area contributed by atoms with E-state index in [0.717, 1.165) is 29.7 Å². The normalized spacial score (nSPS) is 12.1. The molecule has 138 valence electrons. The minimum Gasteiger partial charge on any atom is -0.399 e. The number of nitrogens with one attached hydrogen (secondary N) is 1. The number of nitrogen functional groups attached to an aromatic ring is 1. The molecule has 0 bridgehead atoms. The Bertz CT molecular complexity index is 925. The zero-order chi connectivity index (χ0) is 17.8. The van der Waals surface area contributed by atoms with Crippen molar-refractivity contribution in [2.24, 2.45) is 0 Å². The number of para-hydroxylation sites is 1. The highest BCUT2D eigenvalue weighted by Gasteiger charge is 2.15. The van der Waals surface area contributed by atoms with Gasteiger partial charge in [-0.25, -0.2) is 4.98 Å². The summed E-state index contributed by atoms with van der Waals surface area (Å²) in [4.78, 5) is 22.2. The number of nitrogens with zero attached hydrogens (tertiary/aromatic N) is 2. The Morgan fingerprint density at radius 3 is 2.65 bits per heavy atom. The molecule has 0 fully saturated rings. The molecule has 6 heteroatoms. The lowest BCUT2D eigenvalue weighted by Gasteiger charge is -2.28. The average molecular weight is 373 g/mol. The van der Waals surface area contributed by atoms with Crippen molar-refractivity contribution < 1.29 is 0 Å². The third kappa shape index (κ3) is 4.62. The van der Waals surface area contributed by atoms with Crippen LogP contribution in [0.25, 0.3) is 10.9 Å². The summed E-state index contributed by atoms with van der Waals surface area (Å²) in [6.07, 6.45) is 1.01. The average Bonchev–Trinajstić information content (AvgIpc) is 2.60. The summed E-state index contributed by atoms with van der Waals surface area (Å²) in [6, 6.07) is 15.7. The van der Waals surface area contributed by atoms with Gasteiger partial charge in [0.15, 0.2) is 0 Å². The van der Waals surface area contributed by atoms with Crippen molar-refractivity contribution in [2.45, 2.75) is 39.4 Å². The van der Waals surface area contributed by atoms with E-state index in [1.807, 2.05) is 36.4 Å². The van der Waals surface area contributed by atoms with Crippen LogP contribution in [0.4, 0.5) is 5.69 Å². The number of H-pyrrole nitrogens is 1. The second kappa shape index (κ2) is 8.83. The first kappa shape index (κ1) is 19.9. The van der Waals surface area contributed by atoms with Crippen LogP contribution in [0.2, 0.25) is 0 Å².